The third kappa shape index (κ3) is 6.27. The second-order valence-corrected chi connectivity index (χ2v) is 7.25. The maximum absolute atomic E-state index is 11.8. The number of hydrogen-bond acceptors (Lipinski definition) is 4. The van der Waals surface area contributed by atoms with Gasteiger partial charge in [0.1, 0.15) is 0 Å². The van der Waals surface area contributed by atoms with Crippen LogP contribution in [0.25, 0.3) is 0 Å². The van der Waals surface area contributed by atoms with Gasteiger partial charge in [0, 0.05) is 12.7 Å². The number of unbranched alkanes of at least 4 members (excludes halogenated alkanes) is 2. The van der Waals surface area contributed by atoms with Crippen LogP contribution in [0.2, 0.25) is 0 Å². The highest BCUT2D eigenvalue weighted by Crippen LogP contribution is 2.16. The Balaban J connectivity index is 2.52. The standard InChI is InChI=1S/C15H24N2O3S/c1-12(17-15(18)6-4-3-5-11-16)13-7-9-14(10-8-13)21(2,19)20/h7-10,12H,3-6,11,16H2,1-2H3,(H,17,18). The molecule has 1 amide bonds. The van der Waals surface area contributed by atoms with Crippen molar-refractivity contribution in [2.24, 2.45) is 5.73 Å². The van der Waals surface area contributed by atoms with E-state index in [4.69, 9.17) is 5.73 Å². The molecule has 0 saturated heterocycles. The monoisotopic (exact) mass is 312 g/mol. The Hall–Kier alpha value is -1.40. The number of nitrogens with two attached hydrogens (primary N) is 1. The quantitative estimate of drug-likeness (QED) is 0.716. The lowest BCUT2D eigenvalue weighted by atomic mass is 10.1. The Morgan fingerprint density at radius 2 is 1.81 bits per heavy atom. The topological polar surface area (TPSA) is 89.3 Å². The Morgan fingerprint density at radius 1 is 1.19 bits per heavy atom. The van der Waals surface area contributed by atoms with Gasteiger partial charge in [0.2, 0.25) is 5.91 Å². The van der Waals surface area contributed by atoms with E-state index in [1.54, 1.807) is 24.3 Å². The molecule has 118 valence electrons. The van der Waals surface area contributed by atoms with E-state index in [2.05, 4.69) is 5.32 Å². The minimum atomic E-state index is -3.18. The van der Waals surface area contributed by atoms with E-state index in [0.29, 0.717) is 13.0 Å². The summed E-state index contributed by atoms with van der Waals surface area (Å²) in [4.78, 5) is 12.1. The summed E-state index contributed by atoms with van der Waals surface area (Å²) in [7, 11) is -3.18. The highest BCUT2D eigenvalue weighted by atomic mass is 32.2. The molecule has 0 fully saturated rings. The van der Waals surface area contributed by atoms with E-state index in [-0.39, 0.29) is 16.8 Å². The maximum Gasteiger partial charge on any atom is 0.220 e. The van der Waals surface area contributed by atoms with Gasteiger partial charge in [0.15, 0.2) is 9.84 Å². The van der Waals surface area contributed by atoms with Crippen LogP contribution in [0.1, 0.15) is 44.2 Å². The number of carbonyl (C=O) groups excluding carboxylic acids is 1. The van der Waals surface area contributed by atoms with E-state index in [1.165, 1.54) is 6.26 Å². The first-order valence-corrected chi connectivity index (χ1v) is 9.03. The molecular formula is C15H24N2O3S. The van der Waals surface area contributed by atoms with Crippen molar-refractivity contribution in [3.05, 3.63) is 29.8 Å². The van der Waals surface area contributed by atoms with Gasteiger partial charge in [-0.1, -0.05) is 18.6 Å². The molecule has 0 aliphatic rings. The van der Waals surface area contributed by atoms with Gasteiger partial charge in [0.25, 0.3) is 0 Å². The molecule has 1 aromatic carbocycles. The van der Waals surface area contributed by atoms with Crippen LogP contribution < -0.4 is 11.1 Å². The summed E-state index contributed by atoms with van der Waals surface area (Å²) >= 11 is 0. The molecule has 1 aromatic rings. The van der Waals surface area contributed by atoms with Gasteiger partial charge >= 0.3 is 0 Å². The van der Waals surface area contributed by atoms with Crippen molar-refractivity contribution in [3.63, 3.8) is 0 Å². The fourth-order valence-electron chi connectivity index (χ4n) is 2.01. The van der Waals surface area contributed by atoms with Crippen LogP contribution in [0.4, 0.5) is 0 Å². The maximum atomic E-state index is 11.8. The fraction of sp³-hybridized carbons (Fsp3) is 0.533. The highest BCUT2D eigenvalue weighted by Gasteiger charge is 2.11. The van der Waals surface area contributed by atoms with Crippen LogP contribution in [0.15, 0.2) is 29.2 Å². The van der Waals surface area contributed by atoms with E-state index < -0.39 is 9.84 Å². The van der Waals surface area contributed by atoms with Crippen LogP contribution >= 0.6 is 0 Å². The van der Waals surface area contributed by atoms with Gasteiger partial charge < -0.3 is 11.1 Å². The van der Waals surface area contributed by atoms with Gasteiger partial charge in [-0.15, -0.1) is 0 Å². The summed E-state index contributed by atoms with van der Waals surface area (Å²) in [5.74, 6) is 0.00621. The minimum Gasteiger partial charge on any atom is -0.350 e. The van der Waals surface area contributed by atoms with Gasteiger partial charge in [-0.05, 0) is 44.0 Å². The van der Waals surface area contributed by atoms with Gasteiger partial charge in [0.05, 0.1) is 10.9 Å². The van der Waals surface area contributed by atoms with Crippen LogP contribution in [0.3, 0.4) is 0 Å². The fourth-order valence-corrected chi connectivity index (χ4v) is 2.64. The highest BCUT2D eigenvalue weighted by molar-refractivity contribution is 7.90. The number of sulfone groups is 1. The first-order chi connectivity index (χ1) is 9.84. The molecule has 0 bridgehead atoms. The number of carbonyl (C=O) groups is 1. The summed E-state index contributed by atoms with van der Waals surface area (Å²) in [6.45, 7) is 2.54. The van der Waals surface area contributed by atoms with Crippen molar-refractivity contribution < 1.29 is 13.2 Å². The van der Waals surface area contributed by atoms with Crippen molar-refractivity contribution in [1.29, 1.82) is 0 Å². The number of hydrogen-bond donors (Lipinski definition) is 2. The lowest BCUT2D eigenvalue weighted by molar-refractivity contribution is -0.121. The van der Waals surface area contributed by atoms with E-state index >= 15 is 0 Å². The molecular weight excluding hydrogens is 288 g/mol. The predicted molar refractivity (Wildman–Crippen MR) is 83.6 cm³/mol. The van der Waals surface area contributed by atoms with Gasteiger partial charge in [-0.3, -0.25) is 4.79 Å². The number of amides is 1. The molecule has 0 spiro atoms. The van der Waals surface area contributed by atoms with Crippen LogP contribution in [0, 0.1) is 0 Å². The van der Waals surface area contributed by atoms with E-state index in [0.717, 1.165) is 24.8 Å². The summed E-state index contributed by atoms with van der Waals surface area (Å²) in [6.07, 6.45) is 4.40. The van der Waals surface area contributed by atoms with Crippen molar-refractivity contribution in [3.8, 4) is 0 Å². The second kappa shape index (κ2) is 8.14. The first kappa shape index (κ1) is 17.7. The number of benzene rings is 1. The number of nitrogens with one attached hydrogen (secondary N) is 1. The first-order valence-electron chi connectivity index (χ1n) is 7.14. The predicted octanol–water partition coefficient (Wildman–Crippen LogP) is 1.79. The molecule has 1 unspecified atom stereocenters. The van der Waals surface area contributed by atoms with Gasteiger partial charge in [-0.25, -0.2) is 8.42 Å². The Labute approximate surface area is 126 Å². The van der Waals surface area contributed by atoms with E-state index in [9.17, 15) is 13.2 Å². The molecule has 0 aliphatic heterocycles. The van der Waals surface area contributed by atoms with Crippen molar-refractivity contribution in [2.45, 2.75) is 43.5 Å². The van der Waals surface area contributed by atoms with Crippen LogP contribution in [-0.4, -0.2) is 27.1 Å². The Morgan fingerprint density at radius 3 is 2.33 bits per heavy atom. The zero-order valence-corrected chi connectivity index (χ0v) is 13.4. The van der Waals surface area contributed by atoms with E-state index in [1.807, 2.05) is 6.92 Å². The SMILES string of the molecule is CC(NC(=O)CCCCCN)c1ccc(S(C)(=O)=O)cc1. The average molecular weight is 312 g/mol. The van der Waals surface area contributed by atoms with Gasteiger partial charge in [-0.2, -0.15) is 0 Å². The van der Waals surface area contributed by atoms with Crippen molar-refractivity contribution in [2.75, 3.05) is 12.8 Å². The molecule has 0 saturated carbocycles. The lowest BCUT2D eigenvalue weighted by Crippen LogP contribution is -2.26. The molecule has 5 nitrogen and oxygen atoms in total. The van der Waals surface area contributed by atoms with Crippen molar-refractivity contribution >= 4 is 15.7 Å². The Kier molecular flexibility index (Phi) is 6.84. The van der Waals surface area contributed by atoms with Crippen LogP contribution in [0.5, 0.6) is 0 Å². The zero-order chi connectivity index (χ0) is 15.9. The summed E-state index contributed by atoms with van der Waals surface area (Å²) in [5, 5.41) is 2.91. The zero-order valence-electron chi connectivity index (χ0n) is 12.6. The summed E-state index contributed by atoms with van der Waals surface area (Å²) < 4.78 is 22.8. The smallest absolute Gasteiger partial charge is 0.220 e. The molecule has 3 N–H and O–H groups in total. The van der Waals surface area contributed by atoms with Crippen molar-refractivity contribution in [1.82, 2.24) is 5.32 Å². The molecule has 0 heterocycles. The lowest BCUT2D eigenvalue weighted by Gasteiger charge is -2.14. The average Bonchev–Trinajstić information content (AvgIpc) is 2.43. The molecule has 0 aliphatic carbocycles. The Bertz CT molecular complexity index is 553. The molecule has 1 atom stereocenters. The largest absolute Gasteiger partial charge is 0.350 e. The third-order valence-electron chi connectivity index (χ3n) is 3.29. The number of rotatable bonds is 8. The second-order valence-electron chi connectivity index (χ2n) is 5.23. The third-order valence-corrected chi connectivity index (χ3v) is 4.42. The summed E-state index contributed by atoms with van der Waals surface area (Å²) in [6, 6.07) is 6.45. The molecule has 0 aromatic heterocycles. The molecule has 0 radical (unpaired) electrons. The minimum absolute atomic E-state index is 0.00621. The molecule has 21 heavy (non-hydrogen) atoms. The molecule has 1 rings (SSSR count). The van der Waals surface area contributed by atoms with Crippen LogP contribution in [-0.2, 0) is 14.6 Å². The summed E-state index contributed by atoms with van der Waals surface area (Å²) in [5.41, 5.74) is 6.29. The normalized spacial score (nSPS) is 12.9. The molecule has 6 heteroatoms.